The Morgan fingerprint density at radius 3 is 2.87 bits per heavy atom. The van der Waals surface area contributed by atoms with Gasteiger partial charge in [0.05, 0.1) is 6.10 Å². The molecule has 1 atom stereocenters. The van der Waals surface area contributed by atoms with Gasteiger partial charge in [-0.1, -0.05) is 11.8 Å². The highest BCUT2D eigenvalue weighted by molar-refractivity contribution is 7.99. The first kappa shape index (κ1) is 12.0. The van der Waals surface area contributed by atoms with Gasteiger partial charge in [0.2, 0.25) is 0 Å². The van der Waals surface area contributed by atoms with Crippen molar-refractivity contribution in [1.82, 2.24) is 14.8 Å². The number of rotatable bonds is 4. The number of aliphatic hydroxyl groups excluding tert-OH is 1. The fourth-order valence-corrected chi connectivity index (χ4v) is 1.94. The monoisotopic (exact) mass is 231 g/mol. The molecule has 1 unspecified atom stereocenters. The van der Waals surface area contributed by atoms with E-state index in [9.17, 15) is 9.59 Å². The van der Waals surface area contributed by atoms with E-state index in [-0.39, 0.29) is 6.10 Å². The Kier molecular flexibility index (Phi) is 4.10. The highest BCUT2D eigenvalue weighted by Crippen LogP contribution is 2.13. The molecular formula is C8H13N3O3S. The van der Waals surface area contributed by atoms with Crippen LogP contribution in [-0.4, -0.2) is 31.7 Å². The Labute approximate surface area is 90.3 Å². The number of hydrogen-bond acceptors (Lipinski definition) is 5. The van der Waals surface area contributed by atoms with Crippen molar-refractivity contribution >= 4 is 11.8 Å². The fourth-order valence-electron chi connectivity index (χ4n) is 0.910. The molecule has 0 amide bonds. The zero-order valence-electron chi connectivity index (χ0n) is 8.56. The average Bonchev–Trinajstić information content (AvgIpc) is 2.13. The van der Waals surface area contributed by atoms with Crippen molar-refractivity contribution in [3.05, 3.63) is 20.7 Å². The quantitative estimate of drug-likeness (QED) is 0.530. The number of thioether (sulfide) groups is 1. The first-order chi connectivity index (χ1) is 7.00. The van der Waals surface area contributed by atoms with Gasteiger partial charge < -0.3 is 5.11 Å². The van der Waals surface area contributed by atoms with Crippen molar-refractivity contribution in [2.24, 2.45) is 7.05 Å². The molecule has 0 aliphatic heterocycles. The topological polar surface area (TPSA) is 88.0 Å². The highest BCUT2D eigenvalue weighted by Gasteiger charge is 2.04. The second kappa shape index (κ2) is 5.13. The molecular weight excluding hydrogens is 218 g/mol. The van der Waals surface area contributed by atoms with Crippen molar-refractivity contribution in [2.75, 3.05) is 5.75 Å². The molecule has 0 saturated heterocycles. The molecule has 0 spiro atoms. The van der Waals surface area contributed by atoms with Gasteiger partial charge in [0.25, 0.3) is 0 Å². The van der Waals surface area contributed by atoms with E-state index < -0.39 is 11.1 Å². The lowest BCUT2D eigenvalue weighted by atomic mass is 10.3. The number of hydrogen-bond donors (Lipinski definition) is 2. The molecule has 6 nitrogen and oxygen atoms in total. The van der Waals surface area contributed by atoms with Crippen molar-refractivity contribution < 1.29 is 5.11 Å². The van der Waals surface area contributed by atoms with Gasteiger partial charge in [-0.05, 0) is 13.3 Å². The van der Waals surface area contributed by atoms with Crippen LogP contribution in [0, 0.1) is 0 Å². The first-order valence-corrected chi connectivity index (χ1v) is 5.47. The third kappa shape index (κ3) is 3.52. The van der Waals surface area contributed by atoms with Crippen molar-refractivity contribution in [2.45, 2.75) is 24.6 Å². The fraction of sp³-hybridized carbons (Fsp3) is 0.625. The lowest BCUT2D eigenvalue weighted by Crippen LogP contribution is -2.33. The second-order valence-electron chi connectivity index (χ2n) is 3.19. The largest absolute Gasteiger partial charge is 0.393 e. The molecule has 2 N–H and O–H groups in total. The minimum absolute atomic E-state index is 0.378. The predicted octanol–water partition coefficient (Wildman–Crippen LogP) is -0.668. The number of nitrogens with one attached hydrogen (secondary N) is 1. The molecule has 1 heterocycles. The smallest absolute Gasteiger partial charge is 0.339 e. The Morgan fingerprint density at radius 1 is 1.60 bits per heavy atom. The molecule has 0 aliphatic rings. The molecule has 1 aromatic heterocycles. The maximum absolute atomic E-state index is 11.0. The van der Waals surface area contributed by atoms with Crippen LogP contribution in [0.5, 0.6) is 0 Å². The number of aliphatic hydroxyl groups is 1. The molecule has 0 aromatic carbocycles. The summed E-state index contributed by atoms with van der Waals surface area (Å²) in [5.41, 5.74) is -1.51. The predicted molar refractivity (Wildman–Crippen MR) is 57.1 cm³/mol. The van der Waals surface area contributed by atoms with Crippen LogP contribution < -0.4 is 11.1 Å². The van der Waals surface area contributed by atoms with E-state index >= 15 is 0 Å². The van der Waals surface area contributed by atoms with Gasteiger partial charge in [0, 0.05) is 12.8 Å². The van der Waals surface area contributed by atoms with E-state index in [1.807, 2.05) is 0 Å². The number of aromatic amines is 1. The molecule has 0 bridgehead atoms. The minimum atomic E-state index is -0.785. The summed E-state index contributed by atoms with van der Waals surface area (Å²) in [5, 5.41) is 11.8. The number of H-pyrrole nitrogens is 1. The molecule has 0 saturated carbocycles. The summed E-state index contributed by atoms with van der Waals surface area (Å²) in [7, 11) is 1.61. The minimum Gasteiger partial charge on any atom is -0.393 e. The zero-order valence-corrected chi connectivity index (χ0v) is 9.37. The zero-order chi connectivity index (χ0) is 11.4. The Bertz CT molecular complexity index is 437. The van der Waals surface area contributed by atoms with Gasteiger partial charge in [0.15, 0.2) is 5.16 Å². The van der Waals surface area contributed by atoms with Gasteiger partial charge in [-0.25, -0.2) is 0 Å². The Balaban J connectivity index is 2.74. The lowest BCUT2D eigenvalue weighted by molar-refractivity contribution is 0.192. The SMILES string of the molecule is CC(O)CCSc1nc(=O)c(=O)[nH]n1C. The number of nitrogens with zero attached hydrogens (tertiary/aromatic N) is 2. The normalized spacial score (nSPS) is 12.7. The maximum atomic E-state index is 11.0. The van der Waals surface area contributed by atoms with E-state index in [2.05, 4.69) is 10.1 Å². The standard InChI is InChI=1S/C8H13N3O3S/c1-5(12)3-4-15-8-9-6(13)7(14)10-11(8)2/h5,12H,3-4H2,1-2H3,(H,10,14). The van der Waals surface area contributed by atoms with Crippen LogP contribution in [0.15, 0.2) is 14.7 Å². The molecule has 1 rings (SSSR count). The summed E-state index contributed by atoms with van der Waals surface area (Å²) in [5.74, 6) is 0.643. The van der Waals surface area contributed by atoms with Gasteiger partial charge in [-0.3, -0.25) is 19.4 Å². The Morgan fingerprint density at radius 2 is 2.27 bits per heavy atom. The molecule has 0 radical (unpaired) electrons. The highest BCUT2D eigenvalue weighted by atomic mass is 32.2. The average molecular weight is 231 g/mol. The van der Waals surface area contributed by atoms with Crippen LogP contribution in [-0.2, 0) is 7.05 Å². The first-order valence-electron chi connectivity index (χ1n) is 4.49. The molecule has 0 fully saturated rings. The van der Waals surface area contributed by atoms with Crippen LogP contribution in [0.1, 0.15) is 13.3 Å². The van der Waals surface area contributed by atoms with E-state index in [4.69, 9.17) is 5.11 Å². The Hall–Kier alpha value is -1.08. The summed E-state index contributed by atoms with van der Waals surface area (Å²) < 4.78 is 1.40. The molecule has 7 heteroatoms. The van der Waals surface area contributed by atoms with Gasteiger partial charge >= 0.3 is 11.1 Å². The third-order valence-corrected chi connectivity index (χ3v) is 2.78. The molecule has 15 heavy (non-hydrogen) atoms. The van der Waals surface area contributed by atoms with E-state index in [0.29, 0.717) is 17.3 Å². The van der Waals surface area contributed by atoms with Crippen LogP contribution in [0.3, 0.4) is 0 Å². The van der Waals surface area contributed by atoms with Crippen LogP contribution >= 0.6 is 11.8 Å². The van der Waals surface area contributed by atoms with Crippen molar-refractivity contribution in [1.29, 1.82) is 0 Å². The third-order valence-electron chi connectivity index (χ3n) is 1.71. The lowest BCUT2D eigenvalue weighted by Gasteiger charge is -2.06. The second-order valence-corrected chi connectivity index (χ2v) is 4.25. The summed E-state index contributed by atoms with van der Waals surface area (Å²) in [4.78, 5) is 25.4. The van der Waals surface area contributed by atoms with E-state index in [1.54, 1.807) is 14.0 Å². The van der Waals surface area contributed by atoms with E-state index in [1.165, 1.54) is 16.4 Å². The van der Waals surface area contributed by atoms with Crippen molar-refractivity contribution in [3.63, 3.8) is 0 Å². The van der Waals surface area contributed by atoms with Crippen LogP contribution in [0.25, 0.3) is 0 Å². The van der Waals surface area contributed by atoms with Crippen LogP contribution in [0.4, 0.5) is 0 Å². The molecule has 1 aromatic rings. The molecule has 84 valence electrons. The number of aromatic nitrogens is 3. The van der Waals surface area contributed by atoms with Crippen molar-refractivity contribution in [3.8, 4) is 0 Å². The number of aryl methyl sites for hydroxylation is 1. The van der Waals surface area contributed by atoms with Gasteiger partial charge in [-0.2, -0.15) is 4.98 Å². The summed E-state index contributed by atoms with van der Waals surface area (Å²) >= 11 is 1.32. The summed E-state index contributed by atoms with van der Waals surface area (Å²) in [6.07, 6.45) is 0.233. The molecule has 0 aliphatic carbocycles. The summed E-state index contributed by atoms with van der Waals surface area (Å²) in [6.45, 7) is 1.69. The van der Waals surface area contributed by atoms with Gasteiger partial charge in [-0.15, -0.1) is 0 Å². The van der Waals surface area contributed by atoms with Gasteiger partial charge in [0.1, 0.15) is 0 Å². The maximum Gasteiger partial charge on any atom is 0.339 e. The summed E-state index contributed by atoms with van der Waals surface area (Å²) in [6, 6.07) is 0. The van der Waals surface area contributed by atoms with E-state index in [0.717, 1.165) is 0 Å². The van der Waals surface area contributed by atoms with Crippen LogP contribution in [0.2, 0.25) is 0 Å².